The molecule has 121 heavy (non-hydrogen) atoms. The fraction of sp³-hybridized carbons (Fsp3) is 0.938. The van der Waals surface area contributed by atoms with Crippen LogP contribution in [0.1, 0.15) is 377 Å². The van der Waals surface area contributed by atoms with Gasteiger partial charge in [0.15, 0.2) is 11.6 Å². The van der Waals surface area contributed by atoms with Crippen molar-refractivity contribution in [2.75, 3.05) is 26.3 Å². The molecule has 0 aromatic rings. The number of carbonyl (C=O) groups is 1. The topological polar surface area (TPSA) is 78.5 Å². The Morgan fingerprint density at radius 1 is 0.397 bits per heavy atom. The number of fused-ring (bicyclic) bond motifs is 30. The molecular formula is C113H180N2O6. The van der Waals surface area contributed by atoms with Gasteiger partial charge in [0, 0.05) is 73.5 Å². The van der Waals surface area contributed by atoms with Crippen molar-refractivity contribution >= 4 is 5.78 Å². The van der Waals surface area contributed by atoms with E-state index in [1.54, 1.807) is 0 Å². The summed E-state index contributed by atoms with van der Waals surface area (Å²) in [6.07, 6.45) is 58.0. The molecule has 3 spiro atoms. The standard InChI is InChI=1S/C29H46O2.C28H45NO.C28H45N.C28H44O3/c1-7-26(4)16-29(30-17-26)19(3)25-24(31-29)15-23-21-9-8-20-14-18(2)10-12-27(20,5)22(21)11-13-28(23,25)6;1-17-8-11-26(4)20(14-17)6-7-21-22(26)10-12-27(5)23(21)15-24-25(27)19(3)28(30-24)13-9-18(2)16-29-28;1-17-10-12-27(4)20(14-17)7-8-21-22(27)11-13-28(5)23(21)15-25-26(28)19(3)24-9-6-18(2)16-29(24)25;1-16-8-10-26(4)19(12-16)6-7-20-21(26)14-24(29)27(5)22(20)13-23-25(27)18(3)28(31-23)11-9-17(2)15-30-28/h8,18-19,21-25H,7,9-17H2,1-6H3;6,17-19,21-25,29H,7-16H2,1-5H3;7,17-19,21-26H,6,8-16H2,1-5H3;16-23,25H,6-15H2,1-5H3/t;17?,18?,19-,21?,22?,23?,24?,25?,26-,27-,28?;17?,18-,19+,21?,22?,23?,24?,25?,26?,27?,28?;16?,17?,18-,19?,20?,21?,22?,23?,25?,26-,27+,28?/m.000/s1. The van der Waals surface area contributed by atoms with E-state index >= 15 is 0 Å². The van der Waals surface area contributed by atoms with E-state index in [1.165, 1.54) is 212 Å². The summed E-state index contributed by atoms with van der Waals surface area (Å²) in [5.74, 6) is 22.0. The van der Waals surface area contributed by atoms with Gasteiger partial charge in [-0.2, -0.15) is 0 Å². The second-order valence-corrected chi connectivity index (χ2v) is 53.8. The average Bonchev–Trinajstić information content (AvgIpc) is 1.55. The van der Waals surface area contributed by atoms with Crippen LogP contribution in [-0.4, -0.2) is 84.7 Å². The zero-order valence-corrected chi connectivity index (χ0v) is 81.5. The van der Waals surface area contributed by atoms with Crippen molar-refractivity contribution in [1.82, 2.24) is 10.2 Å². The molecule has 8 aliphatic heterocycles. The molecule has 24 aliphatic rings. The smallest absolute Gasteiger partial charge is 0.172 e. The van der Waals surface area contributed by atoms with Gasteiger partial charge < -0.3 is 23.7 Å². The number of hydrogen-bond donors (Lipinski definition) is 1. The minimum Gasteiger partial charge on any atom is -0.357 e. The van der Waals surface area contributed by atoms with E-state index in [-0.39, 0.29) is 23.0 Å². The van der Waals surface area contributed by atoms with Crippen LogP contribution in [0.5, 0.6) is 0 Å². The van der Waals surface area contributed by atoms with Crippen molar-refractivity contribution in [2.24, 2.45) is 214 Å². The quantitative estimate of drug-likeness (QED) is 0.260. The summed E-state index contributed by atoms with van der Waals surface area (Å²) < 4.78 is 33.8. The van der Waals surface area contributed by atoms with Gasteiger partial charge in [0.1, 0.15) is 11.5 Å². The van der Waals surface area contributed by atoms with E-state index < -0.39 is 5.79 Å². The number of ketones is 1. The highest BCUT2D eigenvalue weighted by atomic mass is 16.7. The molecule has 0 radical (unpaired) electrons. The van der Waals surface area contributed by atoms with Crippen LogP contribution in [0.3, 0.4) is 0 Å². The summed E-state index contributed by atoms with van der Waals surface area (Å²) in [7, 11) is 0. The first-order valence-corrected chi connectivity index (χ1v) is 53.9. The SMILES string of the molecule is CC1CCC2(C)C(=CCC3C2CCC2(C)C3CC3C2[C@H](C)C2CC[C@H](C)CN32)C1.CC1CCC2(NC1)OC1CC3C4CC=C5CC(C)CC[C@]5(C)C4CC[C@]3(C)C1[C@@H]2C.CC1CCC2(OC1)OC1CC3C4CCC5CC(C)CC[C@]5(C)C4CC(=O)[C@]3(C)C1[C@@H]2C.CCC1(C)COC2(C1)OC1CC3C4CC=C5CC(C)CCC5(C)C4CCC3(C)C1C2C. The van der Waals surface area contributed by atoms with E-state index in [0.717, 1.165) is 176 Å². The fourth-order valence-electron chi connectivity index (χ4n) is 40.9. The number of allylic oxidation sites excluding steroid dienone is 6. The van der Waals surface area contributed by atoms with Crippen LogP contribution in [-0.2, 0) is 28.5 Å². The minimum absolute atomic E-state index is 0.0161. The largest absolute Gasteiger partial charge is 0.357 e. The monoisotopic (exact) mass is 1660 g/mol. The third-order valence-electron chi connectivity index (χ3n) is 48.1. The lowest BCUT2D eigenvalue weighted by Gasteiger charge is -2.60. The van der Waals surface area contributed by atoms with Gasteiger partial charge in [0.25, 0.3) is 0 Å². The van der Waals surface area contributed by atoms with Crippen LogP contribution in [0.2, 0.25) is 0 Å². The van der Waals surface area contributed by atoms with E-state index in [4.69, 9.17) is 23.7 Å². The summed E-state index contributed by atoms with van der Waals surface area (Å²) in [5.41, 5.74) is 9.09. The molecule has 0 aromatic heterocycles. The lowest BCUT2D eigenvalue weighted by Crippen LogP contribution is -2.58. The van der Waals surface area contributed by atoms with Gasteiger partial charge in [-0.1, -0.05) is 187 Å². The molecule has 8 heterocycles. The van der Waals surface area contributed by atoms with Gasteiger partial charge in [0.2, 0.25) is 0 Å². The Kier molecular flexibility index (Phi) is 21.4. The average molecular weight is 1660 g/mol. The van der Waals surface area contributed by atoms with Crippen molar-refractivity contribution in [2.45, 2.75) is 424 Å². The first kappa shape index (κ1) is 86.3. The molecule has 8 heteroatoms. The van der Waals surface area contributed by atoms with Crippen LogP contribution in [0.4, 0.5) is 0 Å². The molecule has 1 N–H and O–H groups in total. The second kappa shape index (κ2) is 30.1. The van der Waals surface area contributed by atoms with E-state index in [9.17, 15) is 4.79 Å². The Bertz CT molecular complexity index is 3990. The highest BCUT2D eigenvalue weighted by molar-refractivity contribution is 5.87. The first-order valence-electron chi connectivity index (χ1n) is 53.9. The zero-order valence-electron chi connectivity index (χ0n) is 81.5. The highest BCUT2D eigenvalue weighted by Gasteiger charge is 2.76. The van der Waals surface area contributed by atoms with Crippen LogP contribution >= 0.6 is 0 Å². The van der Waals surface area contributed by atoms with Gasteiger partial charge in [0.05, 0.1) is 31.5 Å². The zero-order chi connectivity index (χ0) is 84.6. The summed E-state index contributed by atoms with van der Waals surface area (Å²) in [4.78, 5) is 17.1. The highest BCUT2D eigenvalue weighted by Crippen LogP contribution is 2.77. The molecule has 678 valence electrons. The molecule has 8 saturated heterocycles. The molecular weight excluding hydrogens is 1480 g/mol. The van der Waals surface area contributed by atoms with E-state index in [0.29, 0.717) is 109 Å². The summed E-state index contributed by atoms with van der Waals surface area (Å²) >= 11 is 0. The fourth-order valence-corrected chi connectivity index (χ4v) is 40.9. The summed E-state index contributed by atoms with van der Waals surface area (Å²) in [6.45, 7) is 57.0. The molecule has 8 nitrogen and oxygen atoms in total. The summed E-state index contributed by atoms with van der Waals surface area (Å²) in [5, 5.41) is 3.91. The third-order valence-corrected chi connectivity index (χ3v) is 48.1. The maximum absolute atomic E-state index is 14.0. The number of rotatable bonds is 1. The number of ether oxygens (including phenoxy) is 5. The Morgan fingerprint density at radius 2 is 0.893 bits per heavy atom. The Labute approximate surface area is 739 Å². The van der Waals surface area contributed by atoms with Crippen molar-refractivity contribution < 1.29 is 28.5 Å². The molecule has 0 bridgehead atoms. The van der Waals surface area contributed by atoms with Gasteiger partial charge in [-0.05, 0) is 391 Å². The normalized spacial score (nSPS) is 60.1. The maximum atomic E-state index is 14.0. The van der Waals surface area contributed by atoms with Gasteiger partial charge in [-0.25, -0.2) is 0 Å². The third kappa shape index (κ3) is 12.7. The van der Waals surface area contributed by atoms with Crippen molar-refractivity contribution in [3.8, 4) is 0 Å². The Balaban J connectivity index is 0.0000000996. The Morgan fingerprint density at radius 3 is 1.44 bits per heavy atom. The van der Waals surface area contributed by atoms with Gasteiger partial charge in [-0.15, -0.1) is 0 Å². The van der Waals surface area contributed by atoms with Crippen molar-refractivity contribution in [3.63, 3.8) is 0 Å². The first-order chi connectivity index (χ1) is 57.4. The number of hydrogen-bond acceptors (Lipinski definition) is 8. The molecule has 21 fully saturated rings. The number of nitrogens with one attached hydrogen (secondary N) is 1. The molecule has 45 atom stereocenters. The number of Topliss-reactive ketones (excluding diaryl/α,β-unsaturated/α-hetero) is 1. The van der Waals surface area contributed by atoms with Crippen LogP contribution in [0.25, 0.3) is 0 Å². The van der Waals surface area contributed by atoms with Crippen LogP contribution in [0.15, 0.2) is 34.9 Å². The molecule has 24 rings (SSSR count). The second-order valence-electron chi connectivity index (χ2n) is 53.8. The predicted octanol–water partition coefficient (Wildman–Crippen LogP) is 27.1. The minimum atomic E-state index is -0.421. The van der Waals surface area contributed by atoms with Crippen molar-refractivity contribution in [1.29, 1.82) is 0 Å². The molecule has 13 saturated carbocycles. The number of piperidine rings is 2. The van der Waals surface area contributed by atoms with Crippen molar-refractivity contribution in [3.05, 3.63) is 34.9 Å². The predicted molar refractivity (Wildman–Crippen MR) is 491 cm³/mol. The lowest BCUT2D eigenvalue weighted by atomic mass is 9.43. The molecule has 16 aliphatic carbocycles. The van der Waals surface area contributed by atoms with Crippen LogP contribution < -0.4 is 5.32 Å². The molecule has 37 unspecified atom stereocenters. The van der Waals surface area contributed by atoms with Gasteiger partial charge in [-0.3, -0.25) is 15.0 Å². The van der Waals surface area contributed by atoms with Gasteiger partial charge >= 0.3 is 0 Å². The lowest BCUT2D eigenvalue weighted by molar-refractivity contribution is -0.272. The van der Waals surface area contributed by atoms with Crippen LogP contribution in [0, 0.1) is 214 Å². The summed E-state index contributed by atoms with van der Waals surface area (Å²) in [6, 6.07) is 1.82. The van der Waals surface area contributed by atoms with E-state index in [1.807, 2.05) is 16.7 Å². The number of nitrogens with zero attached hydrogens (tertiary/aromatic N) is 1. The molecule has 0 amide bonds. The van der Waals surface area contributed by atoms with E-state index in [2.05, 4.69) is 174 Å². The Hall–Kier alpha value is -1.39. The maximum Gasteiger partial charge on any atom is 0.172 e. The number of carbonyl (C=O) groups excluding carboxylic acids is 1. The molecule has 0 aromatic carbocycles.